The van der Waals surface area contributed by atoms with E-state index in [1.54, 1.807) is 0 Å². The van der Waals surface area contributed by atoms with Crippen molar-refractivity contribution in [1.29, 1.82) is 0 Å². The van der Waals surface area contributed by atoms with Gasteiger partial charge in [0.15, 0.2) is 0 Å². The standard InChI is InChI=1S/C28H51N/c1-5-6-7-8-9-10-11-12-13-14-15-16-17-18-19-20-24-28(4,29)27-23-21-22-25(2)26(27)3/h21-23H,5-20,24,29H2,1-4H3. The van der Waals surface area contributed by atoms with E-state index < -0.39 is 0 Å². The zero-order chi connectivity index (χ0) is 21.4. The van der Waals surface area contributed by atoms with E-state index >= 15 is 0 Å². The van der Waals surface area contributed by atoms with Gasteiger partial charge >= 0.3 is 0 Å². The fourth-order valence-electron chi connectivity index (χ4n) is 4.54. The highest BCUT2D eigenvalue weighted by atomic mass is 14.7. The van der Waals surface area contributed by atoms with Crippen molar-refractivity contribution in [2.75, 3.05) is 0 Å². The Morgan fingerprint density at radius 1 is 0.655 bits per heavy atom. The molecule has 1 atom stereocenters. The lowest BCUT2D eigenvalue weighted by Crippen LogP contribution is -2.33. The maximum Gasteiger partial charge on any atom is 0.0383 e. The zero-order valence-corrected chi connectivity index (χ0v) is 20.3. The van der Waals surface area contributed by atoms with Gasteiger partial charge in [-0.2, -0.15) is 0 Å². The summed E-state index contributed by atoms with van der Waals surface area (Å²) in [5.41, 5.74) is 10.5. The highest BCUT2D eigenvalue weighted by Crippen LogP contribution is 2.28. The molecule has 0 aliphatic rings. The van der Waals surface area contributed by atoms with Gasteiger partial charge in [0.2, 0.25) is 0 Å². The van der Waals surface area contributed by atoms with Crippen LogP contribution in [-0.4, -0.2) is 0 Å². The van der Waals surface area contributed by atoms with Crippen LogP contribution < -0.4 is 5.73 Å². The second kappa shape index (κ2) is 15.9. The lowest BCUT2D eigenvalue weighted by atomic mass is 9.83. The average molecular weight is 402 g/mol. The molecule has 1 rings (SSSR count). The first kappa shape index (κ1) is 26.2. The van der Waals surface area contributed by atoms with Crippen molar-refractivity contribution in [3.8, 4) is 0 Å². The first-order chi connectivity index (χ1) is 14.0. The van der Waals surface area contributed by atoms with E-state index in [9.17, 15) is 0 Å². The number of unbranched alkanes of at least 4 members (excludes halogenated alkanes) is 15. The number of hydrogen-bond acceptors (Lipinski definition) is 1. The smallest absolute Gasteiger partial charge is 0.0383 e. The Labute approximate surface area is 183 Å². The van der Waals surface area contributed by atoms with Gasteiger partial charge in [-0.15, -0.1) is 0 Å². The van der Waals surface area contributed by atoms with Crippen LogP contribution in [0.4, 0.5) is 0 Å². The summed E-state index contributed by atoms with van der Waals surface area (Å²) in [6, 6.07) is 6.55. The maximum atomic E-state index is 6.67. The van der Waals surface area contributed by atoms with E-state index in [4.69, 9.17) is 5.73 Å². The molecule has 1 nitrogen and oxygen atoms in total. The third-order valence-corrected chi connectivity index (χ3v) is 6.77. The summed E-state index contributed by atoms with van der Waals surface area (Å²) in [5.74, 6) is 0. The molecule has 29 heavy (non-hydrogen) atoms. The number of nitrogens with two attached hydrogens (primary N) is 1. The summed E-state index contributed by atoms with van der Waals surface area (Å²) in [7, 11) is 0. The molecule has 1 aromatic rings. The molecule has 0 aliphatic heterocycles. The maximum absolute atomic E-state index is 6.67. The van der Waals surface area contributed by atoms with E-state index in [-0.39, 0.29) is 5.54 Å². The third-order valence-electron chi connectivity index (χ3n) is 6.77. The number of hydrogen-bond donors (Lipinski definition) is 1. The van der Waals surface area contributed by atoms with Crippen molar-refractivity contribution >= 4 is 0 Å². The molecule has 2 N–H and O–H groups in total. The second-order valence-corrected chi connectivity index (χ2v) is 9.72. The van der Waals surface area contributed by atoms with Crippen molar-refractivity contribution < 1.29 is 0 Å². The molecule has 0 aliphatic carbocycles. The predicted molar refractivity (Wildman–Crippen MR) is 132 cm³/mol. The van der Waals surface area contributed by atoms with Crippen molar-refractivity contribution in [1.82, 2.24) is 0 Å². The largest absolute Gasteiger partial charge is 0.322 e. The molecule has 0 spiro atoms. The summed E-state index contributed by atoms with van der Waals surface area (Å²) in [6.07, 6.45) is 23.8. The summed E-state index contributed by atoms with van der Waals surface area (Å²) >= 11 is 0. The molecular formula is C28H51N. The molecule has 0 heterocycles. The van der Waals surface area contributed by atoms with Crippen LogP contribution in [0.2, 0.25) is 0 Å². The molecule has 1 aromatic carbocycles. The Kier molecular flexibility index (Phi) is 14.4. The minimum atomic E-state index is -0.188. The molecule has 168 valence electrons. The lowest BCUT2D eigenvalue weighted by molar-refractivity contribution is 0.418. The fourth-order valence-corrected chi connectivity index (χ4v) is 4.54. The molecule has 0 fully saturated rings. The Bertz CT molecular complexity index is 517. The Morgan fingerprint density at radius 3 is 1.52 bits per heavy atom. The van der Waals surface area contributed by atoms with E-state index in [0.29, 0.717) is 0 Å². The molecule has 0 radical (unpaired) electrons. The molecule has 0 amide bonds. The Balaban J connectivity index is 1.94. The van der Waals surface area contributed by atoms with E-state index in [1.165, 1.54) is 119 Å². The van der Waals surface area contributed by atoms with Crippen molar-refractivity contribution in [3.63, 3.8) is 0 Å². The molecule has 0 saturated carbocycles. The van der Waals surface area contributed by atoms with E-state index in [0.717, 1.165) is 6.42 Å². The quantitative estimate of drug-likeness (QED) is 0.244. The topological polar surface area (TPSA) is 26.0 Å². The van der Waals surface area contributed by atoms with Crippen LogP contribution in [-0.2, 0) is 5.54 Å². The van der Waals surface area contributed by atoms with E-state index in [1.807, 2.05) is 0 Å². The summed E-state index contributed by atoms with van der Waals surface area (Å²) in [6.45, 7) is 8.90. The number of benzene rings is 1. The van der Waals surface area contributed by atoms with Gasteiger partial charge in [-0.3, -0.25) is 0 Å². The second-order valence-electron chi connectivity index (χ2n) is 9.72. The van der Waals surface area contributed by atoms with Gasteiger partial charge in [0.25, 0.3) is 0 Å². The Morgan fingerprint density at radius 2 is 1.07 bits per heavy atom. The molecule has 1 heteroatoms. The number of aryl methyl sites for hydroxylation is 1. The van der Waals surface area contributed by atoms with Crippen LogP contribution in [0.1, 0.15) is 140 Å². The first-order valence-electron chi connectivity index (χ1n) is 12.8. The van der Waals surface area contributed by atoms with Gasteiger partial charge in [0.05, 0.1) is 0 Å². The summed E-state index contributed by atoms with van der Waals surface area (Å²) in [5, 5.41) is 0. The van der Waals surface area contributed by atoms with Crippen LogP contribution in [0.5, 0.6) is 0 Å². The van der Waals surface area contributed by atoms with Crippen molar-refractivity contribution in [3.05, 3.63) is 34.9 Å². The molecule has 1 unspecified atom stereocenters. The lowest BCUT2D eigenvalue weighted by Gasteiger charge is -2.28. The van der Waals surface area contributed by atoms with Gasteiger partial charge in [0, 0.05) is 5.54 Å². The van der Waals surface area contributed by atoms with Gasteiger partial charge in [-0.1, -0.05) is 128 Å². The molecule has 0 aromatic heterocycles. The van der Waals surface area contributed by atoms with E-state index in [2.05, 4.69) is 45.9 Å². The van der Waals surface area contributed by atoms with Gasteiger partial charge < -0.3 is 5.73 Å². The van der Waals surface area contributed by atoms with Crippen LogP contribution in [0.3, 0.4) is 0 Å². The first-order valence-corrected chi connectivity index (χ1v) is 12.8. The SMILES string of the molecule is CCCCCCCCCCCCCCCCCCC(C)(N)c1cccc(C)c1C. The molecule has 0 bridgehead atoms. The van der Waals surface area contributed by atoms with Crippen molar-refractivity contribution in [2.24, 2.45) is 5.73 Å². The van der Waals surface area contributed by atoms with Gasteiger partial charge in [-0.25, -0.2) is 0 Å². The average Bonchev–Trinajstić information content (AvgIpc) is 2.69. The van der Waals surface area contributed by atoms with Gasteiger partial charge in [0.1, 0.15) is 0 Å². The molecule has 0 saturated heterocycles. The third kappa shape index (κ3) is 11.8. The van der Waals surface area contributed by atoms with Crippen molar-refractivity contribution in [2.45, 2.75) is 142 Å². The van der Waals surface area contributed by atoms with Crippen LogP contribution >= 0.6 is 0 Å². The molecular weight excluding hydrogens is 350 g/mol. The minimum Gasteiger partial charge on any atom is -0.322 e. The fraction of sp³-hybridized carbons (Fsp3) is 0.786. The van der Waals surface area contributed by atoms with Crippen LogP contribution in [0.15, 0.2) is 18.2 Å². The highest BCUT2D eigenvalue weighted by molar-refractivity contribution is 5.37. The van der Waals surface area contributed by atoms with Crippen LogP contribution in [0.25, 0.3) is 0 Å². The zero-order valence-electron chi connectivity index (χ0n) is 20.3. The van der Waals surface area contributed by atoms with Gasteiger partial charge in [-0.05, 0) is 43.9 Å². The monoisotopic (exact) mass is 401 g/mol. The highest BCUT2D eigenvalue weighted by Gasteiger charge is 2.22. The summed E-state index contributed by atoms with van der Waals surface area (Å²) in [4.78, 5) is 0. The number of rotatable bonds is 18. The van der Waals surface area contributed by atoms with Crippen LogP contribution in [0, 0.1) is 13.8 Å². The predicted octanol–water partition coefficient (Wildman–Crippen LogP) is 9.13. The summed E-state index contributed by atoms with van der Waals surface area (Å²) < 4.78 is 0. The minimum absolute atomic E-state index is 0.188. The normalized spacial score (nSPS) is 13.6. The Hall–Kier alpha value is -0.820.